The number of carbonyl (C=O) groups excluding carboxylic acids is 1. The Bertz CT molecular complexity index is 1430. The molecular formula is C31H37FN4O2. The number of pyridine rings is 1. The fourth-order valence-electron chi connectivity index (χ4n) is 5.73. The first kappa shape index (κ1) is 25.3. The Labute approximate surface area is 223 Å². The minimum Gasteiger partial charge on any atom is -0.349 e. The quantitative estimate of drug-likeness (QED) is 0.459. The Morgan fingerprint density at radius 1 is 1.08 bits per heavy atom. The van der Waals surface area contributed by atoms with Crippen molar-refractivity contribution >= 4 is 16.7 Å². The van der Waals surface area contributed by atoms with Crippen molar-refractivity contribution in [1.82, 2.24) is 20.1 Å². The molecule has 7 heteroatoms. The number of halogens is 1. The van der Waals surface area contributed by atoms with E-state index in [-0.39, 0.29) is 17.5 Å². The SMILES string of the molecule is Cc1c(F)cc(C(=O)NC2CC2)cc1-c1ccc2c(=O)n(CC3CC3)cc(CN(C)C3CCNCC3)c2c1. The van der Waals surface area contributed by atoms with E-state index in [1.165, 1.54) is 18.9 Å². The molecule has 0 bridgehead atoms. The van der Waals surface area contributed by atoms with Crippen LogP contribution in [0.4, 0.5) is 4.39 Å². The summed E-state index contributed by atoms with van der Waals surface area (Å²) >= 11 is 0. The van der Waals surface area contributed by atoms with Crippen molar-refractivity contribution in [2.75, 3.05) is 20.1 Å². The minimum absolute atomic E-state index is 0.0344. The van der Waals surface area contributed by atoms with E-state index >= 15 is 4.39 Å². The summed E-state index contributed by atoms with van der Waals surface area (Å²) in [6.45, 7) is 5.31. The van der Waals surface area contributed by atoms with E-state index in [9.17, 15) is 9.59 Å². The molecule has 2 saturated carbocycles. The third kappa shape index (κ3) is 5.27. The Balaban J connectivity index is 1.42. The second kappa shape index (κ2) is 10.3. The van der Waals surface area contributed by atoms with Crippen LogP contribution in [0.2, 0.25) is 0 Å². The van der Waals surface area contributed by atoms with Gasteiger partial charge < -0.3 is 15.2 Å². The Morgan fingerprint density at radius 3 is 2.55 bits per heavy atom. The Morgan fingerprint density at radius 2 is 1.84 bits per heavy atom. The maximum absolute atomic E-state index is 15.0. The molecule has 2 aromatic carbocycles. The van der Waals surface area contributed by atoms with Crippen LogP contribution in [0.5, 0.6) is 0 Å². The lowest BCUT2D eigenvalue weighted by Crippen LogP contribution is -2.40. The largest absolute Gasteiger partial charge is 0.349 e. The van der Waals surface area contributed by atoms with E-state index < -0.39 is 5.82 Å². The molecule has 1 saturated heterocycles. The first-order chi connectivity index (χ1) is 18.4. The van der Waals surface area contributed by atoms with Crippen LogP contribution in [0.15, 0.2) is 41.3 Å². The normalized spacial score (nSPS) is 18.3. The number of hydrogen-bond donors (Lipinski definition) is 2. The zero-order valence-electron chi connectivity index (χ0n) is 22.4. The van der Waals surface area contributed by atoms with Gasteiger partial charge in [0.25, 0.3) is 11.5 Å². The summed E-state index contributed by atoms with van der Waals surface area (Å²) in [4.78, 5) is 28.6. The molecule has 0 spiro atoms. The van der Waals surface area contributed by atoms with Gasteiger partial charge in [0.15, 0.2) is 0 Å². The first-order valence-electron chi connectivity index (χ1n) is 14.1. The van der Waals surface area contributed by atoms with Crippen LogP contribution in [-0.4, -0.2) is 47.6 Å². The van der Waals surface area contributed by atoms with Crippen molar-refractivity contribution in [3.63, 3.8) is 0 Å². The van der Waals surface area contributed by atoms with Gasteiger partial charge in [0, 0.05) is 42.3 Å². The summed E-state index contributed by atoms with van der Waals surface area (Å²) in [6.07, 6.45) is 8.59. The fourth-order valence-corrected chi connectivity index (χ4v) is 5.73. The molecule has 2 aliphatic carbocycles. The summed E-state index contributed by atoms with van der Waals surface area (Å²) in [5, 5.41) is 8.01. The number of aromatic nitrogens is 1. The molecule has 1 aliphatic heterocycles. The summed E-state index contributed by atoms with van der Waals surface area (Å²) in [5.41, 5.74) is 3.49. The van der Waals surface area contributed by atoms with E-state index in [2.05, 4.69) is 28.8 Å². The van der Waals surface area contributed by atoms with Crippen molar-refractivity contribution in [2.45, 2.75) is 70.6 Å². The molecule has 2 heterocycles. The van der Waals surface area contributed by atoms with E-state index in [1.54, 1.807) is 13.0 Å². The Kier molecular flexibility index (Phi) is 6.82. The van der Waals surface area contributed by atoms with Crippen molar-refractivity contribution < 1.29 is 9.18 Å². The number of benzene rings is 2. The molecule has 1 aromatic heterocycles. The fraction of sp³-hybridized carbons (Fsp3) is 0.484. The molecule has 0 radical (unpaired) electrons. The molecule has 3 fully saturated rings. The predicted octanol–water partition coefficient (Wildman–Crippen LogP) is 4.60. The lowest BCUT2D eigenvalue weighted by Gasteiger charge is -2.32. The maximum atomic E-state index is 15.0. The molecule has 38 heavy (non-hydrogen) atoms. The number of nitrogens with one attached hydrogen (secondary N) is 2. The molecule has 3 aromatic rings. The van der Waals surface area contributed by atoms with Crippen LogP contribution in [-0.2, 0) is 13.1 Å². The lowest BCUT2D eigenvalue weighted by atomic mass is 9.94. The summed E-state index contributed by atoms with van der Waals surface area (Å²) in [5.74, 6) is -0.0375. The van der Waals surface area contributed by atoms with E-state index in [0.29, 0.717) is 34.0 Å². The third-order valence-corrected chi connectivity index (χ3v) is 8.50. The standard InChI is InChI=1S/C31H37FN4O2/c1-19-27(14-22(15-29(19)32)30(37)34-24-6-7-24)21-5-8-26-28(13-21)23(17-35(2)25-9-11-33-12-10-25)18-36(31(26)38)16-20-3-4-20/h5,8,13-15,18,20,24-25,33H,3-4,6-7,9-12,16-17H2,1-2H3,(H,34,37). The van der Waals surface area contributed by atoms with Crippen molar-refractivity contribution in [3.05, 3.63) is 69.4 Å². The van der Waals surface area contributed by atoms with Crippen LogP contribution >= 0.6 is 0 Å². The van der Waals surface area contributed by atoms with Gasteiger partial charge in [-0.25, -0.2) is 4.39 Å². The molecule has 0 atom stereocenters. The number of carbonyl (C=O) groups is 1. The molecule has 6 nitrogen and oxygen atoms in total. The molecule has 6 rings (SSSR count). The average Bonchev–Trinajstić information content (AvgIpc) is 3.86. The van der Waals surface area contributed by atoms with E-state index in [0.717, 1.165) is 68.4 Å². The van der Waals surface area contributed by atoms with Crippen LogP contribution in [0, 0.1) is 18.7 Å². The van der Waals surface area contributed by atoms with Gasteiger partial charge in [0.2, 0.25) is 0 Å². The van der Waals surface area contributed by atoms with Crippen LogP contribution < -0.4 is 16.2 Å². The average molecular weight is 517 g/mol. The smallest absolute Gasteiger partial charge is 0.258 e. The number of hydrogen-bond acceptors (Lipinski definition) is 4. The van der Waals surface area contributed by atoms with Gasteiger partial charge in [-0.3, -0.25) is 14.5 Å². The van der Waals surface area contributed by atoms with Crippen molar-refractivity contribution in [1.29, 1.82) is 0 Å². The first-order valence-corrected chi connectivity index (χ1v) is 14.1. The van der Waals surface area contributed by atoms with E-state index in [4.69, 9.17) is 0 Å². The van der Waals surface area contributed by atoms with Gasteiger partial charge in [-0.1, -0.05) is 6.07 Å². The number of piperidine rings is 1. The maximum Gasteiger partial charge on any atom is 0.258 e. The summed E-state index contributed by atoms with van der Waals surface area (Å²) in [6, 6.07) is 9.62. The highest BCUT2D eigenvalue weighted by Crippen LogP contribution is 2.33. The van der Waals surface area contributed by atoms with Crippen LogP contribution in [0.25, 0.3) is 21.9 Å². The monoisotopic (exact) mass is 516 g/mol. The van der Waals surface area contributed by atoms with Crippen LogP contribution in [0.3, 0.4) is 0 Å². The van der Waals surface area contributed by atoms with Gasteiger partial charge >= 0.3 is 0 Å². The molecule has 1 amide bonds. The zero-order chi connectivity index (χ0) is 26.4. The Hall–Kier alpha value is -3.03. The topological polar surface area (TPSA) is 66.4 Å². The number of rotatable bonds is 8. The number of amides is 1. The molecule has 2 N–H and O–H groups in total. The number of nitrogens with zero attached hydrogens (tertiary/aromatic N) is 2. The van der Waals surface area contributed by atoms with Gasteiger partial charge in [-0.2, -0.15) is 0 Å². The lowest BCUT2D eigenvalue weighted by molar-refractivity contribution is 0.0950. The summed E-state index contributed by atoms with van der Waals surface area (Å²) < 4.78 is 16.9. The highest BCUT2D eigenvalue weighted by Gasteiger charge is 2.26. The molecule has 0 unspecified atom stereocenters. The highest BCUT2D eigenvalue weighted by molar-refractivity contribution is 5.97. The molecule has 3 aliphatic rings. The molecule has 200 valence electrons. The van der Waals surface area contributed by atoms with E-state index in [1.807, 2.05) is 22.8 Å². The highest BCUT2D eigenvalue weighted by atomic mass is 19.1. The van der Waals surface area contributed by atoms with Crippen molar-refractivity contribution in [3.8, 4) is 11.1 Å². The van der Waals surface area contributed by atoms with Gasteiger partial charge in [-0.05, 0) is 123 Å². The predicted molar refractivity (Wildman–Crippen MR) is 149 cm³/mol. The molecular weight excluding hydrogens is 479 g/mol. The minimum atomic E-state index is -0.394. The second-order valence-corrected chi connectivity index (χ2v) is 11.6. The number of fused-ring (bicyclic) bond motifs is 1. The summed E-state index contributed by atoms with van der Waals surface area (Å²) in [7, 11) is 2.17. The van der Waals surface area contributed by atoms with Gasteiger partial charge in [0.1, 0.15) is 5.82 Å². The zero-order valence-corrected chi connectivity index (χ0v) is 22.4. The van der Waals surface area contributed by atoms with Crippen LogP contribution in [0.1, 0.15) is 60.0 Å². The van der Waals surface area contributed by atoms with Gasteiger partial charge in [0.05, 0.1) is 0 Å². The second-order valence-electron chi connectivity index (χ2n) is 11.6. The third-order valence-electron chi connectivity index (χ3n) is 8.50. The van der Waals surface area contributed by atoms with Gasteiger partial charge in [-0.15, -0.1) is 0 Å². The van der Waals surface area contributed by atoms with Crippen molar-refractivity contribution in [2.24, 2.45) is 5.92 Å².